The zero-order valence-electron chi connectivity index (χ0n) is 32.3. The first kappa shape index (κ1) is 38.4. The minimum Gasteiger partial charge on any atom is -0.507 e. The molecule has 1 fully saturated rings. The summed E-state index contributed by atoms with van der Waals surface area (Å²) in [6.45, 7) is 9.93. The third kappa shape index (κ3) is 6.16. The highest BCUT2D eigenvalue weighted by molar-refractivity contribution is 6.74. The van der Waals surface area contributed by atoms with E-state index in [1.807, 2.05) is 75.2 Å². The molecule has 0 bridgehead atoms. The van der Waals surface area contributed by atoms with E-state index >= 15 is 18.4 Å². The third-order valence-electron chi connectivity index (χ3n) is 11.7. The van der Waals surface area contributed by atoms with Crippen molar-refractivity contribution in [2.24, 2.45) is 11.8 Å². The molecule has 10 nitrogen and oxygen atoms in total. The van der Waals surface area contributed by atoms with Gasteiger partial charge in [-0.1, -0.05) is 81.4 Å². The number of benzene rings is 3. The van der Waals surface area contributed by atoms with Gasteiger partial charge >= 0.3 is 0 Å². The van der Waals surface area contributed by atoms with Crippen LogP contribution in [0.3, 0.4) is 0 Å². The van der Waals surface area contributed by atoms with Gasteiger partial charge < -0.3 is 28.3 Å². The quantitative estimate of drug-likeness (QED) is 0.124. The summed E-state index contributed by atoms with van der Waals surface area (Å²) >= 11 is 0. The monoisotopic (exact) mass is 772 g/mol. The summed E-state index contributed by atoms with van der Waals surface area (Å²) in [5.74, 6) is -6.89. The van der Waals surface area contributed by atoms with E-state index in [-0.39, 0.29) is 65.7 Å². The maximum atomic E-state index is 16.1. The molecule has 0 aliphatic heterocycles. The van der Waals surface area contributed by atoms with Gasteiger partial charge in [0.25, 0.3) is 5.88 Å². The van der Waals surface area contributed by atoms with Gasteiger partial charge in [-0.2, -0.15) is 4.39 Å². The van der Waals surface area contributed by atoms with Crippen molar-refractivity contribution in [2.45, 2.75) is 76.6 Å². The predicted molar refractivity (Wildman–Crippen MR) is 203 cm³/mol. The average molecular weight is 773 g/mol. The Bertz CT molecular complexity index is 2180. The first-order valence-electron chi connectivity index (χ1n) is 18.3. The number of aliphatic hydroxyl groups is 1. The molecule has 55 heavy (non-hydrogen) atoms. The first-order chi connectivity index (χ1) is 26.0. The number of carbonyl (C=O) groups excluding carboxylic acids is 2. The molecule has 0 saturated heterocycles. The molecule has 1 N–H and O–H groups in total. The van der Waals surface area contributed by atoms with Gasteiger partial charge in [0, 0.05) is 17.1 Å². The number of carbonyl (C=O) groups is 2. The second kappa shape index (κ2) is 14.0. The Morgan fingerprint density at radius 1 is 0.909 bits per heavy atom. The number of ketones is 2. The van der Waals surface area contributed by atoms with E-state index in [2.05, 4.69) is 5.16 Å². The van der Waals surface area contributed by atoms with Gasteiger partial charge in [0.2, 0.25) is 23.1 Å². The van der Waals surface area contributed by atoms with E-state index in [0.29, 0.717) is 0 Å². The standard InChI is InChI=1S/C42H46F2N2O8Si/c1-41(2,3)55(7,8)54-42-27(33(46(4)5)35-30(39(42)49)40(45-53-35)52-22-24-17-13-10-14-18-24)20-25-19-26-29(34(47)28(25)38(42)48)36(37(50-6)32(44)31(26)43)51-21-23-15-11-9-12-16-23/h9-18,25,27,33,47H,19-22H2,1-8H3/t25-,27-,33?,42-/m0/s1. The van der Waals surface area contributed by atoms with Crippen molar-refractivity contribution in [3.63, 3.8) is 0 Å². The summed E-state index contributed by atoms with van der Waals surface area (Å²) in [5, 5.41) is 16.0. The highest BCUT2D eigenvalue weighted by atomic mass is 28.4. The number of aliphatic hydroxyl groups excluding tert-OH is 1. The fraction of sp³-hybridized carbons (Fsp3) is 0.405. The normalized spacial score (nSPS) is 22.2. The van der Waals surface area contributed by atoms with Crippen molar-refractivity contribution in [1.82, 2.24) is 10.1 Å². The van der Waals surface area contributed by atoms with E-state index < -0.39 is 71.5 Å². The number of hydrogen-bond donors (Lipinski definition) is 1. The first-order valence-corrected chi connectivity index (χ1v) is 21.2. The Hall–Kier alpha value is -4.85. The van der Waals surface area contributed by atoms with E-state index in [1.54, 1.807) is 38.4 Å². The smallest absolute Gasteiger partial charge is 0.265 e. The number of methoxy groups -OCH3 is 1. The molecule has 3 aromatic carbocycles. The maximum Gasteiger partial charge on any atom is 0.265 e. The topological polar surface area (TPSA) is 121 Å². The van der Waals surface area contributed by atoms with Gasteiger partial charge in [-0.15, -0.1) is 0 Å². The molecule has 13 heteroatoms. The van der Waals surface area contributed by atoms with Crippen LogP contribution < -0.4 is 14.2 Å². The number of hydrogen-bond acceptors (Lipinski definition) is 10. The van der Waals surface area contributed by atoms with Crippen LogP contribution in [-0.4, -0.2) is 61.9 Å². The molecule has 3 aliphatic rings. The van der Waals surface area contributed by atoms with Gasteiger partial charge in [0.05, 0.1) is 18.7 Å². The Kier molecular flexibility index (Phi) is 9.79. The zero-order chi connectivity index (χ0) is 39.6. The molecule has 3 aliphatic carbocycles. The SMILES string of the molecule is COc1c(F)c(F)c2c(c1OCc1ccccc1)C(O)=C1C(=O)[C@]3(O[Si](C)(C)C(C)(C)C)C(=O)c4c(OCc5ccccc5)noc4C(N(C)C)[C@@H]3C[C@@H]1C2. The number of nitrogens with zero attached hydrogens (tertiary/aromatic N) is 2. The molecule has 4 aromatic rings. The molecule has 1 aromatic heterocycles. The van der Waals surface area contributed by atoms with E-state index in [1.165, 1.54) is 7.11 Å². The van der Waals surface area contributed by atoms with Crippen molar-refractivity contribution in [3.05, 3.63) is 111 Å². The lowest BCUT2D eigenvalue weighted by molar-refractivity contribution is -0.140. The molecular weight excluding hydrogens is 727 g/mol. The van der Waals surface area contributed by atoms with Gasteiger partial charge in [-0.3, -0.25) is 14.5 Å². The highest BCUT2D eigenvalue weighted by Crippen LogP contribution is 2.59. The molecule has 0 amide bonds. The van der Waals surface area contributed by atoms with E-state index in [9.17, 15) is 5.11 Å². The summed E-state index contributed by atoms with van der Waals surface area (Å²) in [4.78, 5) is 32.9. The van der Waals surface area contributed by atoms with Crippen LogP contribution in [0.5, 0.6) is 17.4 Å². The van der Waals surface area contributed by atoms with Gasteiger partial charge in [0.15, 0.2) is 31.2 Å². The van der Waals surface area contributed by atoms with E-state index in [0.717, 1.165) is 11.1 Å². The Morgan fingerprint density at radius 2 is 1.51 bits per heavy atom. The molecule has 1 saturated carbocycles. The number of aromatic nitrogens is 1. The maximum absolute atomic E-state index is 16.1. The van der Waals surface area contributed by atoms with Gasteiger partial charge in [-0.05, 0) is 67.3 Å². The van der Waals surface area contributed by atoms with Crippen LogP contribution >= 0.6 is 0 Å². The summed E-state index contributed by atoms with van der Waals surface area (Å²) in [6.07, 6.45) is -0.0773. The molecule has 290 valence electrons. The summed E-state index contributed by atoms with van der Waals surface area (Å²) in [7, 11) is 1.77. The molecule has 0 spiro atoms. The zero-order valence-corrected chi connectivity index (χ0v) is 33.3. The van der Waals surface area contributed by atoms with E-state index in [4.69, 9.17) is 23.2 Å². The highest BCUT2D eigenvalue weighted by Gasteiger charge is 2.69. The fourth-order valence-electron chi connectivity index (χ4n) is 8.03. The summed E-state index contributed by atoms with van der Waals surface area (Å²) in [5.41, 5.74) is -1.08. The lowest BCUT2D eigenvalue weighted by atomic mass is 9.57. The largest absolute Gasteiger partial charge is 0.507 e. The molecule has 0 radical (unpaired) electrons. The minimum absolute atomic E-state index is 0.00522. The summed E-state index contributed by atoms with van der Waals surface area (Å²) < 4.78 is 62.4. The fourth-order valence-corrected chi connectivity index (χ4v) is 9.48. The molecule has 4 atom stereocenters. The van der Waals surface area contributed by atoms with Crippen LogP contribution in [0.4, 0.5) is 8.78 Å². The van der Waals surface area contributed by atoms with Crippen molar-refractivity contribution in [3.8, 4) is 17.4 Å². The van der Waals surface area contributed by atoms with Crippen molar-refractivity contribution in [2.75, 3.05) is 21.2 Å². The van der Waals surface area contributed by atoms with Gasteiger partial charge in [0.1, 0.15) is 24.5 Å². The van der Waals surface area contributed by atoms with Crippen LogP contribution in [0.2, 0.25) is 18.1 Å². The van der Waals surface area contributed by atoms with Crippen LogP contribution in [-0.2, 0) is 28.9 Å². The summed E-state index contributed by atoms with van der Waals surface area (Å²) in [6, 6.07) is 17.7. The Balaban J connectivity index is 1.43. The lowest BCUT2D eigenvalue weighted by Gasteiger charge is -2.55. The predicted octanol–water partition coefficient (Wildman–Crippen LogP) is 8.41. The Morgan fingerprint density at radius 3 is 2.07 bits per heavy atom. The second-order valence-electron chi connectivity index (χ2n) is 16.3. The number of ether oxygens (including phenoxy) is 3. The third-order valence-corrected chi connectivity index (χ3v) is 16.2. The molecular formula is C42H46F2N2O8Si. The van der Waals surface area contributed by atoms with Crippen LogP contribution in [0, 0.1) is 23.5 Å². The van der Waals surface area contributed by atoms with Gasteiger partial charge in [-0.25, -0.2) is 4.39 Å². The number of rotatable bonds is 10. The number of Topliss-reactive ketones (excluding diaryl/α,β-unsaturated/α-hetero) is 2. The number of halogens is 2. The van der Waals surface area contributed by atoms with Crippen LogP contribution in [0.1, 0.15) is 71.6 Å². The van der Waals surface area contributed by atoms with Crippen LogP contribution in [0.25, 0.3) is 5.76 Å². The number of fused-ring (bicyclic) bond motifs is 4. The lowest BCUT2D eigenvalue weighted by Crippen LogP contribution is -2.68. The molecule has 1 heterocycles. The molecule has 1 unspecified atom stereocenters. The Labute approximate surface area is 320 Å². The van der Waals surface area contributed by atoms with Crippen molar-refractivity contribution in [1.29, 1.82) is 0 Å². The van der Waals surface area contributed by atoms with Crippen LogP contribution in [0.15, 0.2) is 70.8 Å². The van der Waals surface area contributed by atoms with Crippen molar-refractivity contribution >= 4 is 25.6 Å². The molecule has 7 rings (SSSR count). The second-order valence-corrected chi connectivity index (χ2v) is 21.0. The minimum atomic E-state index is -3.00. The average Bonchev–Trinajstić information content (AvgIpc) is 3.56. The van der Waals surface area contributed by atoms with Crippen molar-refractivity contribution < 1.29 is 46.6 Å².